The second-order valence-electron chi connectivity index (χ2n) is 6.54. The smallest absolute Gasteiger partial charge is 0.310 e. The number of rotatable bonds is 6. The van der Waals surface area contributed by atoms with Crippen LogP contribution in [-0.2, 0) is 9.59 Å². The normalized spacial score (nSPS) is 18.1. The Labute approximate surface area is 131 Å². The number of hydrogen-bond acceptors (Lipinski definition) is 3. The highest BCUT2D eigenvalue weighted by molar-refractivity contribution is 5.85. The molecule has 2 N–H and O–H groups in total. The summed E-state index contributed by atoms with van der Waals surface area (Å²) < 4.78 is 0. The van der Waals surface area contributed by atoms with Gasteiger partial charge in [-0.05, 0) is 36.5 Å². The van der Waals surface area contributed by atoms with Gasteiger partial charge in [-0.3, -0.25) is 14.6 Å². The predicted molar refractivity (Wildman–Crippen MR) is 83.1 cm³/mol. The minimum atomic E-state index is -0.871. The second kappa shape index (κ2) is 6.90. The van der Waals surface area contributed by atoms with Crippen LogP contribution in [0.5, 0.6) is 0 Å². The first-order valence-electron chi connectivity index (χ1n) is 7.87. The number of nitrogens with one attached hydrogen (secondary N) is 1. The Morgan fingerprint density at radius 2 is 1.86 bits per heavy atom. The van der Waals surface area contributed by atoms with Gasteiger partial charge in [-0.25, -0.2) is 0 Å². The number of nitrogens with zero attached hydrogens (tertiary/aromatic N) is 1. The molecule has 1 aromatic heterocycles. The summed E-state index contributed by atoms with van der Waals surface area (Å²) in [6, 6.07) is 3.64. The summed E-state index contributed by atoms with van der Waals surface area (Å²) in [5, 5.41) is 12.5. The number of carbonyl (C=O) groups excluding carboxylic acids is 1. The molecule has 1 amide bonds. The van der Waals surface area contributed by atoms with Gasteiger partial charge in [-0.15, -0.1) is 0 Å². The number of aliphatic carboxylic acids is 1. The highest BCUT2D eigenvalue weighted by Crippen LogP contribution is 2.41. The molecular formula is C17H24N2O3. The minimum absolute atomic E-state index is 0.0661. The molecule has 22 heavy (non-hydrogen) atoms. The highest BCUT2D eigenvalue weighted by atomic mass is 16.4. The molecule has 0 aromatic carbocycles. The van der Waals surface area contributed by atoms with Gasteiger partial charge in [0.05, 0.1) is 11.5 Å². The average molecular weight is 304 g/mol. The molecule has 1 heterocycles. The van der Waals surface area contributed by atoms with Gasteiger partial charge in [-0.1, -0.05) is 26.7 Å². The van der Waals surface area contributed by atoms with Gasteiger partial charge < -0.3 is 10.4 Å². The number of hydrogen-bond donors (Lipinski definition) is 2. The molecule has 120 valence electrons. The zero-order valence-corrected chi connectivity index (χ0v) is 13.2. The van der Waals surface area contributed by atoms with Crippen molar-refractivity contribution in [3.05, 3.63) is 30.1 Å². The van der Waals surface area contributed by atoms with Gasteiger partial charge in [0.15, 0.2) is 0 Å². The fraction of sp³-hybridized carbons (Fsp3) is 0.588. The number of carboxylic acids is 1. The Kier molecular flexibility index (Phi) is 5.16. The van der Waals surface area contributed by atoms with E-state index in [-0.39, 0.29) is 24.3 Å². The van der Waals surface area contributed by atoms with Gasteiger partial charge in [0, 0.05) is 18.8 Å². The van der Waals surface area contributed by atoms with Crippen LogP contribution in [0.3, 0.4) is 0 Å². The predicted octanol–water partition coefficient (Wildman–Crippen LogP) is 2.93. The van der Waals surface area contributed by atoms with Crippen molar-refractivity contribution in [2.24, 2.45) is 11.3 Å². The van der Waals surface area contributed by atoms with Crippen LogP contribution in [0, 0.1) is 11.3 Å². The monoisotopic (exact) mass is 304 g/mol. The first-order valence-corrected chi connectivity index (χ1v) is 7.87. The second-order valence-corrected chi connectivity index (χ2v) is 6.54. The fourth-order valence-electron chi connectivity index (χ4n) is 3.26. The molecule has 0 radical (unpaired) electrons. The summed E-state index contributed by atoms with van der Waals surface area (Å²) in [5.41, 5.74) is 0.123. The van der Waals surface area contributed by atoms with Crippen molar-refractivity contribution in [1.29, 1.82) is 0 Å². The molecule has 1 aromatic rings. The van der Waals surface area contributed by atoms with Crippen LogP contribution in [0.25, 0.3) is 0 Å². The van der Waals surface area contributed by atoms with E-state index < -0.39 is 11.4 Å². The van der Waals surface area contributed by atoms with Crippen LogP contribution >= 0.6 is 0 Å². The lowest BCUT2D eigenvalue weighted by molar-refractivity contribution is -0.151. The SMILES string of the molecule is CC(C)[C@H](NC(=O)CC1(C(=O)O)CCCC1)c1ccncc1. The quantitative estimate of drug-likeness (QED) is 0.847. The topological polar surface area (TPSA) is 79.3 Å². The van der Waals surface area contributed by atoms with Crippen molar-refractivity contribution in [1.82, 2.24) is 10.3 Å². The van der Waals surface area contributed by atoms with E-state index in [4.69, 9.17) is 0 Å². The molecule has 0 saturated heterocycles. The van der Waals surface area contributed by atoms with Gasteiger partial charge in [0.2, 0.25) is 5.91 Å². The van der Waals surface area contributed by atoms with Crippen molar-refractivity contribution < 1.29 is 14.7 Å². The summed E-state index contributed by atoms with van der Waals surface area (Å²) in [6.45, 7) is 4.07. The maximum atomic E-state index is 12.4. The van der Waals surface area contributed by atoms with E-state index in [0.29, 0.717) is 12.8 Å². The van der Waals surface area contributed by atoms with E-state index in [9.17, 15) is 14.7 Å². The molecule has 0 aliphatic heterocycles. The summed E-state index contributed by atoms with van der Waals surface area (Å²) in [4.78, 5) is 28.0. The summed E-state index contributed by atoms with van der Waals surface area (Å²) in [6.07, 6.45) is 6.43. The van der Waals surface area contributed by atoms with Crippen LogP contribution in [0.2, 0.25) is 0 Å². The van der Waals surface area contributed by atoms with E-state index in [0.717, 1.165) is 18.4 Å². The Morgan fingerprint density at radius 1 is 1.27 bits per heavy atom. The maximum Gasteiger partial charge on any atom is 0.310 e. The number of carbonyl (C=O) groups is 2. The van der Waals surface area contributed by atoms with Gasteiger partial charge in [-0.2, -0.15) is 0 Å². The zero-order valence-electron chi connectivity index (χ0n) is 13.2. The van der Waals surface area contributed by atoms with Crippen molar-refractivity contribution in [3.63, 3.8) is 0 Å². The largest absolute Gasteiger partial charge is 0.481 e. The number of amides is 1. The molecule has 1 atom stereocenters. The fourth-order valence-corrected chi connectivity index (χ4v) is 3.26. The van der Waals surface area contributed by atoms with E-state index in [1.807, 2.05) is 26.0 Å². The highest BCUT2D eigenvalue weighted by Gasteiger charge is 2.43. The molecule has 0 bridgehead atoms. The molecule has 1 aliphatic carbocycles. The Hall–Kier alpha value is -1.91. The molecule has 0 spiro atoms. The molecule has 1 fully saturated rings. The van der Waals surface area contributed by atoms with Crippen molar-refractivity contribution >= 4 is 11.9 Å². The molecular weight excluding hydrogens is 280 g/mol. The van der Waals surface area contributed by atoms with Crippen LogP contribution in [-0.4, -0.2) is 22.0 Å². The zero-order chi connectivity index (χ0) is 16.2. The van der Waals surface area contributed by atoms with Crippen molar-refractivity contribution in [2.75, 3.05) is 0 Å². The van der Waals surface area contributed by atoms with Gasteiger partial charge in [0.25, 0.3) is 0 Å². The van der Waals surface area contributed by atoms with Gasteiger partial charge >= 0.3 is 5.97 Å². The van der Waals surface area contributed by atoms with E-state index >= 15 is 0 Å². The number of pyridine rings is 1. The summed E-state index contributed by atoms with van der Waals surface area (Å²) in [7, 11) is 0. The van der Waals surface area contributed by atoms with E-state index in [1.165, 1.54) is 0 Å². The van der Waals surface area contributed by atoms with E-state index in [2.05, 4.69) is 10.3 Å². The third-order valence-electron chi connectivity index (χ3n) is 4.56. The molecule has 0 unspecified atom stereocenters. The molecule has 2 rings (SSSR count). The maximum absolute atomic E-state index is 12.4. The molecule has 5 heteroatoms. The van der Waals surface area contributed by atoms with Crippen LogP contribution in [0.1, 0.15) is 57.6 Å². The molecule has 1 aliphatic rings. The lowest BCUT2D eigenvalue weighted by Gasteiger charge is -2.27. The molecule has 5 nitrogen and oxygen atoms in total. The Balaban J connectivity index is 2.07. The first-order chi connectivity index (χ1) is 10.4. The van der Waals surface area contributed by atoms with E-state index in [1.54, 1.807) is 12.4 Å². The first kappa shape index (κ1) is 16.5. The Bertz CT molecular complexity index is 522. The van der Waals surface area contributed by atoms with Crippen LogP contribution in [0.4, 0.5) is 0 Å². The number of aromatic nitrogens is 1. The van der Waals surface area contributed by atoms with Crippen molar-refractivity contribution in [2.45, 2.75) is 52.0 Å². The third-order valence-corrected chi connectivity index (χ3v) is 4.56. The van der Waals surface area contributed by atoms with Crippen LogP contribution in [0.15, 0.2) is 24.5 Å². The lowest BCUT2D eigenvalue weighted by Crippen LogP contribution is -2.38. The average Bonchev–Trinajstić information content (AvgIpc) is 2.95. The van der Waals surface area contributed by atoms with Gasteiger partial charge in [0.1, 0.15) is 0 Å². The lowest BCUT2D eigenvalue weighted by atomic mass is 9.82. The van der Waals surface area contributed by atoms with Crippen molar-refractivity contribution in [3.8, 4) is 0 Å². The molecule has 1 saturated carbocycles. The Morgan fingerprint density at radius 3 is 2.36 bits per heavy atom. The summed E-state index contributed by atoms with van der Waals surface area (Å²) >= 11 is 0. The van der Waals surface area contributed by atoms with Crippen LogP contribution < -0.4 is 5.32 Å². The summed E-state index contributed by atoms with van der Waals surface area (Å²) in [5.74, 6) is -0.805. The number of carboxylic acid groups (broad SMARTS) is 1. The minimum Gasteiger partial charge on any atom is -0.481 e. The standard InChI is InChI=1S/C17H24N2O3/c1-12(2)15(13-5-9-18-10-6-13)19-14(20)11-17(16(21)22)7-3-4-8-17/h5-6,9-10,12,15H,3-4,7-8,11H2,1-2H3,(H,19,20)(H,21,22)/t15-/m0/s1. The third kappa shape index (κ3) is 3.64.